The highest BCUT2D eigenvalue weighted by atomic mass is 16.5. The molecule has 0 heterocycles. The van der Waals surface area contributed by atoms with E-state index in [1.165, 1.54) is 0 Å². The van der Waals surface area contributed by atoms with E-state index in [-0.39, 0.29) is 5.54 Å². The maximum absolute atomic E-state index is 5.85. The Morgan fingerprint density at radius 3 is 2.60 bits per heavy atom. The Kier molecular flexibility index (Phi) is 4.12. The zero-order valence-electron chi connectivity index (χ0n) is 9.71. The lowest BCUT2D eigenvalue weighted by atomic mass is 10.1. The van der Waals surface area contributed by atoms with Crippen LogP contribution in [-0.2, 0) is 11.3 Å². The van der Waals surface area contributed by atoms with Crippen LogP contribution < -0.4 is 11.1 Å². The molecule has 0 aliphatic rings. The Bertz CT molecular complexity index is 310. The van der Waals surface area contributed by atoms with Gasteiger partial charge in [0.05, 0.1) is 6.61 Å². The molecule has 0 radical (unpaired) electrons. The number of benzene rings is 1. The number of rotatable bonds is 5. The van der Waals surface area contributed by atoms with Crippen LogP contribution >= 0.6 is 0 Å². The second kappa shape index (κ2) is 5.14. The number of para-hydroxylation sites is 1. The van der Waals surface area contributed by atoms with Crippen molar-refractivity contribution >= 4 is 5.69 Å². The molecule has 3 heteroatoms. The van der Waals surface area contributed by atoms with E-state index >= 15 is 0 Å². The molecule has 3 nitrogen and oxygen atoms in total. The molecule has 0 saturated carbocycles. The SMILES string of the molecule is COCC(C)(C)NCc1ccccc1N. The van der Waals surface area contributed by atoms with Gasteiger partial charge in [-0.05, 0) is 25.5 Å². The summed E-state index contributed by atoms with van der Waals surface area (Å²) in [6.45, 7) is 5.66. The van der Waals surface area contributed by atoms with Gasteiger partial charge in [-0.2, -0.15) is 0 Å². The van der Waals surface area contributed by atoms with Crippen LogP contribution in [0, 0.1) is 0 Å². The van der Waals surface area contributed by atoms with E-state index in [0.29, 0.717) is 6.61 Å². The number of hydrogen-bond acceptors (Lipinski definition) is 3. The van der Waals surface area contributed by atoms with E-state index in [4.69, 9.17) is 10.5 Å². The Balaban J connectivity index is 2.53. The van der Waals surface area contributed by atoms with Gasteiger partial charge in [-0.25, -0.2) is 0 Å². The quantitative estimate of drug-likeness (QED) is 0.725. The van der Waals surface area contributed by atoms with Crippen molar-refractivity contribution in [3.8, 4) is 0 Å². The van der Waals surface area contributed by atoms with Crippen LogP contribution in [0.15, 0.2) is 24.3 Å². The molecule has 0 amide bonds. The van der Waals surface area contributed by atoms with Crippen molar-refractivity contribution in [1.82, 2.24) is 5.32 Å². The van der Waals surface area contributed by atoms with E-state index in [0.717, 1.165) is 17.8 Å². The Hall–Kier alpha value is -1.06. The molecule has 0 aromatic heterocycles. The third-order valence-electron chi connectivity index (χ3n) is 2.32. The molecule has 0 spiro atoms. The van der Waals surface area contributed by atoms with E-state index in [9.17, 15) is 0 Å². The van der Waals surface area contributed by atoms with Gasteiger partial charge in [-0.15, -0.1) is 0 Å². The lowest BCUT2D eigenvalue weighted by Crippen LogP contribution is -2.42. The van der Waals surface area contributed by atoms with Gasteiger partial charge in [0.15, 0.2) is 0 Å². The minimum Gasteiger partial charge on any atom is -0.398 e. The number of anilines is 1. The molecule has 3 N–H and O–H groups in total. The smallest absolute Gasteiger partial charge is 0.0639 e. The number of hydrogen-bond donors (Lipinski definition) is 2. The van der Waals surface area contributed by atoms with Crippen molar-refractivity contribution in [2.75, 3.05) is 19.5 Å². The van der Waals surface area contributed by atoms with Crippen LogP contribution in [0.4, 0.5) is 5.69 Å². The van der Waals surface area contributed by atoms with Gasteiger partial charge in [0.25, 0.3) is 0 Å². The Morgan fingerprint density at radius 1 is 1.33 bits per heavy atom. The highest BCUT2D eigenvalue weighted by molar-refractivity contribution is 5.46. The number of nitrogens with two attached hydrogens (primary N) is 1. The van der Waals surface area contributed by atoms with Crippen molar-refractivity contribution in [3.05, 3.63) is 29.8 Å². The second-order valence-electron chi connectivity index (χ2n) is 4.37. The van der Waals surface area contributed by atoms with Gasteiger partial charge in [-0.1, -0.05) is 18.2 Å². The lowest BCUT2D eigenvalue weighted by Gasteiger charge is -2.25. The summed E-state index contributed by atoms with van der Waals surface area (Å²) in [5.74, 6) is 0. The third kappa shape index (κ3) is 3.90. The molecule has 84 valence electrons. The van der Waals surface area contributed by atoms with Crippen LogP contribution in [0.5, 0.6) is 0 Å². The van der Waals surface area contributed by atoms with E-state index in [1.807, 2.05) is 24.3 Å². The normalized spacial score (nSPS) is 11.7. The van der Waals surface area contributed by atoms with Crippen LogP contribution in [0.1, 0.15) is 19.4 Å². The first-order valence-electron chi connectivity index (χ1n) is 5.12. The standard InChI is InChI=1S/C12H20N2O/c1-12(2,9-15-3)14-8-10-6-4-5-7-11(10)13/h4-7,14H,8-9,13H2,1-3H3. The Morgan fingerprint density at radius 2 is 2.00 bits per heavy atom. The fourth-order valence-corrected chi connectivity index (χ4v) is 1.44. The molecular weight excluding hydrogens is 188 g/mol. The number of methoxy groups -OCH3 is 1. The minimum atomic E-state index is -0.0307. The molecule has 0 saturated heterocycles. The van der Waals surface area contributed by atoms with Crippen molar-refractivity contribution in [2.45, 2.75) is 25.9 Å². The van der Waals surface area contributed by atoms with Crippen LogP contribution in [-0.4, -0.2) is 19.3 Å². The summed E-state index contributed by atoms with van der Waals surface area (Å²) in [6.07, 6.45) is 0. The van der Waals surface area contributed by atoms with Crippen molar-refractivity contribution in [1.29, 1.82) is 0 Å². The predicted octanol–water partition coefficient (Wildman–Crippen LogP) is 1.78. The average Bonchev–Trinajstić information content (AvgIpc) is 2.16. The number of nitrogen functional groups attached to an aromatic ring is 1. The molecule has 0 aliphatic carbocycles. The highest BCUT2D eigenvalue weighted by Crippen LogP contribution is 2.12. The molecule has 1 aromatic rings. The summed E-state index contributed by atoms with van der Waals surface area (Å²) in [6, 6.07) is 7.89. The molecule has 1 aromatic carbocycles. The second-order valence-corrected chi connectivity index (χ2v) is 4.37. The highest BCUT2D eigenvalue weighted by Gasteiger charge is 2.16. The molecule has 0 bridgehead atoms. The number of ether oxygens (including phenoxy) is 1. The fourth-order valence-electron chi connectivity index (χ4n) is 1.44. The molecular formula is C12H20N2O. The summed E-state index contributed by atoms with van der Waals surface area (Å²) < 4.78 is 5.13. The molecule has 0 unspecified atom stereocenters. The molecule has 1 rings (SSSR count). The molecule has 0 aliphatic heterocycles. The molecule has 0 fully saturated rings. The van der Waals surface area contributed by atoms with Crippen LogP contribution in [0.25, 0.3) is 0 Å². The van der Waals surface area contributed by atoms with E-state index < -0.39 is 0 Å². The molecule has 15 heavy (non-hydrogen) atoms. The van der Waals surface area contributed by atoms with Crippen molar-refractivity contribution < 1.29 is 4.74 Å². The predicted molar refractivity (Wildman–Crippen MR) is 63.6 cm³/mol. The maximum atomic E-state index is 5.85. The zero-order valence-corrected chi connectivity index (χ0v) is 9.71. The van der Waals surface area contributed by atoms with Crippen molar-refractivity contribution in [2.24, 2.45) is 0 Å². The zero-order chi connectivity index (χ0) is 11.3. The lowest BCUT2D eigenvalue weighted by molar-refractivity contribution is 0.128. The summed E-state index contributed by atoms with van der Waals surface area (Å²) in [5.41, 5.74) is 7.78. The van der Waals surface area contributed by atoms with Gasteiger partial charge < -0.3 is 15.8 Å². The molecule has 0 atom stereocenters. The summed E-state index contributed by atoms with van der Waals surface area (Å²) >= 11 is 0. The first kappa shape index (κ1) is 12.0. The minimum absolute atomic E-state index is 0.0307. The van der Waals surface area contributed by atoms with Gasteiger partial charge in [0.2, 0.25) is 0 Å². The summed E-state index contributed by atoms with van der Waals surface area (Å²) in [7, 11) is 1.71. The third-order valence-corrected chi connectivity index (χ3v) is 2.32. The van der Waals surface area contributed by atoms with Gasteiger partial charge in [-0.3, -0.25) is 0 Å². The first-order valence-corrected chi connectivity index (χ1v) is 5.12. The summed E-state index contributed by atoms with van der Waals surface area (Å²) in [4.78, 5) is 0. The number of nitrogens with one attached hydrogen (secondary N) is 1. The maximum Gasteiger partial charge on any atom is 0.0639 e. The van der Waals surface area contributed by atoms with Gasteiger partial charge in [0.1, 0.15) is 0 Å². The average molecular weight is 208 g/mol. The van der Waals surface area contributed by atoms with E-state index in [1.54, 1.807) is 7.11 Å². The summed E-state index contributed by atoms with van der Waals surface area (Å²) in [5, 5.41) is 3.41. The largest absolute Gasteiger partial charge is 0.398 e. The van der Waals surface area contributed by atoms with Crippen molar-refractivity contribution in [3.63, 3.8) is 0 Å². The van der Waals surface area contributed by atoms with Gasteiger partial charge in [0, 0.05) is 24.9 Å². The monoisotopic (exact) mass is 208 g/mol. The van der Waals surface area contributed by atoms with Gasteiger partial charge >= 0.3 is 0 Å². The van der Waals surface area contributed by atoms with E-state index in [2.05, 4.69) is 19.2 Å². The topological polar surface area (TPSA) is 47.3 Å². The first-order chi connectivity index (χ1) is 7.05. The van der Waals surface area contributed by atoms with Crippen LogP contribution in [0.2, 0.25) is 0 Å². The van der Waals surface area contributed by atoms with Crippen LogP contribution in [0.3, 0.4) is 0 Å². The Labute approximate surface area is 91.6 Å². The fraction of sp³-hybridized carbons (Fsp3) is 0.500.